The van der Waals surface area contributed by atoms with Gasteiger partial charge in [-0.2, -0.15) is 0 Å². The Bertz CT molecular complexity index is 1350. The molecular weight excluding hydrogens is 550 g/mol. The number of hydrogen-bond acceptors (Lipinski definition) is 9. The molecule has 0 aliphatic carbocycles. The van der Waals surface area contributed by atoms with Crippen LogP contribution in [0.3, 0.4) is 0 Å². The van der Waals surface area contributed by atoms with Crippen LogP contribution in [0.1, 0.15) is 56.9 Å². The van der Waals surface area contributed by atoms with Crippen molar-refractivity contribution in [1.82, 2.24) is 19.7 Å². The molecule has 2 amide bonds. The quantitative estimate of drug-likeness (QED) is 0.264. The summed E-state index contributed by atoms with van der Waals surface area (Å²) >= 11 is 8.29. The second-order valence-electron chi connectivity index (χ2n) is 8.54. The van der Waals surface area contributed by atoms with E-state index < -0.39 is 12.1 Å². The molecule has 0 bridgehead atoms. The van der Waals surface area contributed by atoms with Gasteiger partial charge in [0.25, 0.3) is 5.91 Å². The summed E-state index contributed by atoms with van der Waals surface area (Å²) in [5.41, 5.74) is 1.54. The number of nitrogens with zero attached hydrogens (tertiary/aromatic N) is 4. The fourth-order valence-electron chi connectivity index (χ4n) is 3.64. The van der Waals surface area contributed by atoms with E-state index in [2.05, 4.69) is 15.5 Å². The molecule has 2 aromatic heterocycles. The molecule has 0 fully saturated rings. The Labute approximate surface area is 234 Å². The van der Waals surface area contributed by atoms with Gasteiger partial charge in [-0.05, 0) is 57.0 Å². The first-order chi connectivity index (χ1) is 18.0. The molecule has 13 heteroatoms. The fourth-order valence-corrected chi connectivity index (χ4v) is 5.91. The first kappa shape index (κ1) is 29.5. The molecule has 0 aliphatic rings. The minimum Gasteiger partial charge on any atom is -0.482 e. The third-order valence-corrected chi connectivity index (χ3v) is 7.99. The number of rotatable bonds is 10. The number of esters is 1. The molecule has 0 spiro atoms. The molecule has 10 nitrogen and oxygen atoms in total. The van der Waals surface area contributed by atoms with Crippen LogP contribution in [0.4, 0.5) is 5.00 Å². The number of nitrogens with one attached hydrogen (secondary N) is 1. The molecule has 204 valence electrons. The number of ether oxygens (including phenoxy) is 2. The van der Waals surface area contributed by atoms with Crippen molar-refractivity contribution in [2.24, 2.45) is 0 Å². The maximum absolute atomic E-state index is 12.9. The van der Waals surface area contributed by atoms with Crippen LogP contribution in [0.5, 0.6) is 5.75 Å². The van der Waals surface area contributed by atoms with E-state index in [4.69, 9.17) is 21.1 Å². The van der Waals surface area contributed by atoms with E-state index in [1.54, 1.807) is 27.1 Å². The number of aryl methyl sites for hydroxylation is 1. The topological polar surface area (TPSA) is 116 Å². The van der Waals surface area contributed by atoms with Gasteiger partial charge < -0.3 is 24.3 Å². The number of thiophene rings is 1. The molecule has 0 radical (unpaired) electrons. The number of halogens is 1. The molecular formula is C25H30ClN5O5S2. The molecule has 0 saturated carbocycles. The lowest BCUT2D eigenvalue weighted by Gasteiger charge is -2.17. The minimum atomic E-state index is -0.625. The lowest BCUT2D eigenvalue weighted by molar-refractivity contribution is -0.113. The molecule has 1 N–H and O–H groups in total. The molecule has 1 aromatic carbocycles. The van der Waals surface area contributed by atoms with E-state index in [-0.39, 0.29) is 28.1 Å². The maximum Gasteiger partial charge on any atom is 0.341 e. The number of methoxy groups -OCH3 is 1. The number of carbonyl (C=O) groups excluding carboxylic acids is 3. The van der Waals surface area contributed by atoms with Crippen molar-refractivity contribution in [3.8, 4) is 5.75 Å². The van der Waals surface area contributed by atoms with Gasteiger partial charge in [-0.15, -0.1) is 21.5 Å². The van der Waals surface area contributed by atoms with Crippen molar-refractivity contribution in [3.63, 3.8) is 0 Å². The highest BCUT2D eigenvalue weighted by molar-refractivity contribution is 7.99. The van der Waals surface area contributed by atoms with Gasteiger partial charge in [0, 0.05) is 25.7 Å². The molecule has 3 aromatic rings. The molecule has 0 aliphatic heterocycles. The van der Waals surface area contributed by atoms with Crippen LogP contribution < -0.4 is 10.1 Å². The van der Waals surface area contributed by atoms with E-state index in [1.807, 2.05) is 37.5 Å². The minimum absolute atomic E-state index is 0.0121. The predicted molar refractivity (Wildman–Crippen MR) is 149 cm³/mol. The van der Waals surface area contributed by atoms with Crippen LogP contribution >= 0.6 is 34.7 Å². The number of carbonyl (C=O) groups is 3. The highest BCUT2D eigenvalue weighted by Crippen LogP contribution is 2.35. The largest absolute Gasteiger partial charge is 0.482 e. The van der Waals surface area contributed by atoms with Crippen molar-refractivity contribution >= 4 is 57.5 Å². The SMILES string of the molecule is CCn1c(SCC(=O)Nc2sc(C(=O)N(C)C)c(C)c2C(=O)OC)nnc1C(C)Oc1ccc(Cl)cc1C. The zero-order chi connectivity index (χ0) is 28.1. The van der Waals surface area contributed by atoms with Crippen LogP contribution in [-0.4, -0.2) is 64.4 Å². The predicted octanol–water partition coefficient (Wildman–Crippen LogP) is 4.99. The van der Waals surface area contributed by atoms with Crippen molar-refractivity contribution in [1.29, 1.82) is 0 Å². The Hall–Kier alpha value is -3.09. The lowest BCUT2D eigenvalue weighted by Crippen LogP contribution is -2.21. The van der Waals surface area contributed by atoms with E-state index in [1.165, 1.54) is 23.8 Å². The summed E-state index contributed by atoms with van der Waals surface area (Å²) in [6.07, 6.45) is -0.394. The number of hydrogen-bond donors (Lipinski definition) is 1. The second kappa shape index (κ2) is 12.6. The summed E-state index contributed by atoms with van der Waals surface area (Å²) in [4.78, 5) is 39.6. The summed E-state index contributed by atoms with van der Waals surface area (Å²) < 4.78 is 12.9. The zero-order valence-corrected chi connectivity index (χ0v) is 24.6. The summed E-state index contributed by atoms with van der Waals surface area (Å²) in [6.45, 7) is 7.98. The highest BCUT2D eigenvalue weighted by Gasteiger charge is 2.27. The van der Waals surface area contributed by atoms with Crippen LogP contribution in [0.15, 0.2) is 23.4 Å². The normalized spacial score (nSPS) is 11.7. The summed E-state index contributed by atoms with van der Waals surface area (Å²) in [7, 11) is 4.49. The summed E-state index contributed by atoms with van der Waals surface area (Å²) in [6, 6.07) is 5.41. The molecule has 38 heavy (non-hydrogen) atoms. The first-order valence-electron chi connectivity index (χ1n) is 11.7. The Balaban J connectivity index is 1.74. The van der Waals surface area contributed by atoms with E-state index in [0.29, 0.717) is 38.7 Å². The number of thioether (sulfide) groups is 1. The molecule has 3 rings (SSSR count). The summed E-state index contributed by atoms with van der Waals surface area (Å²) in [5, 5.41) is 12.8. The number of benzene rings is 1. The van der Waals surface area contributed by atoms with Gasteiger partial charge in [0.05, 0.1) is 23.3 Å². The number of aromatic nitrogens is 3. The average Bonchev–Trinajstić information content (AvgIpc) is 3.43. The Morgan fingerprint density at radius 1 is 1.24 bits per heavy atom. The summed E-state index contributed by atoms with van der Waals surface area (Å²) in [5.74, 6) is 0.0805. The van der Waals surface area contributed by atoms with Crippen LogP contribution in [-0.2, 0) is 16.1 Å². The molecule has 1 unspecified atom stereocenters. The first-order valence-corrected chi connectivity index (χ1v) is 13.9. The Morgan fingerprint density at radius 3 is 2.55 bits per heavy atom. The molecule has 2 heterocycles. The van der Waals surface area contributed by atoms with Gasteiger partial charge in [-0.25, -0.2) is 4.79 Å². The van der Waals surface area contributed by atoms with Gasteiger partial charge in [0.15, 0.2) is 17.1 Å². The van der Waals surface area contributed by atoms with Crippen LogP contribution in [0.25, 0.3) is 0 Å². The van der Waals surface area contributed by atoms with Gasteiger partial charge in [-0.3, -0.25) is 9.59 Å². The monoisotopic (exact) mass is 579 g/mol. The van der Waals surface area contributed by atoms with Crippen LogP contribution in [0.2, 0.25) is 5.02 Å². The fraction of sp³-hybridized carbons (Fsp3) is 0.400. The van der Waals surface area contributed by atoms with Crippen molar-refractivity contribution in [3.05, 3.63) is 50.6 Å². The number of anilines is 1. The second-order valence-corrected chi connectivity index (χ2v) is 10.9. The average molecular weight is 580 g/mol. The third-order valence-electron chi connectivity index (χ3n) is 5.59. The Morgan fingerprint density at radius 2 is 1.95 bits per heavy atom. The zero-order valence-electron chi connectivity index (χ0n) is 22.2. The molecule has 0 saturated heterocycles. The van der Waals surface area contributed by atoms with Gasteiger partial charge in [-0.1, -0.05) is 23.4 Å². The number of amides is 2. The van der Waals surface area contributed by atoms with E-state index in [0.717, 1.165) is 16.9 Å². The Kier molecular flexibility index (Phi) is 9.80. The van der Waals surface area contributed by atoms with Gasteiger partial charge in [0.1, 0.15) is 10.8 Å². The van der Waals surface area contributed by atoms with Crippen molar-refractivity contribution in [2.45, 2.75) is 45.5 Å². The van der Waals surface area contributed by atoms with Crippen molar-refractivity contribution in [2.75, 3.05) is 32.3 Å². The standard InChI is InChI=1S/C25H30ClN5O5S2/c1-8-31-21(15(4)36-17-10-9-16(26)11-13(17)2)28-29-25(31)37-12-18(32)27-22-19(24(34)35-7)14(3)20(38-22)23(33)30(5)6/h9-11,15H,8,12H2,1-7H3,(H,27,32). The van der Waals surface area contributed by atoms with Gasteiger partial charge >= 0.3 is 5.97 Å². The van der Waals surface area contributed by atoms with E-state index in [9.17, 15) is 14.4 Å². The van der Waals surface area contributed by atoms with Crippen molar-refractivity contribution < 1.29 is 23.9 Å². The van der Waals surface area contributed by atoms with E-state index >= 15 is 0 Å². The highest BCUT2D eigenvalue weighted by atomic mass is 35.5. The maximum atomic E-state index is 12.9. The smallest absolute Gasteiger partial charge is 0.341 e. The lowest BCUT2D eigenvalue weighted by atomic mass is 10.1. The molecule has 1 atom stereocenters. The third kappa shape index (κ3) is 6.48. The van der Waals surface area contributed by atoms with Crippen LogP contribution in [0, 0.1) is 13.8 Å². The van der Waals surface area contributed by atoms with Gasteiger partial charge in [0.2, 0.25) is 5.91 Å².